The van der Waals surface area contributed by atoms with Gasteiger partial charge in [-0.05, 0) is 46.1 Å². The van der Waals surface area contributed by atoms with E-state index in [1.807, 2.05) is 18.7 Å². The largest absolute Gasteiger partial charge is 0.481 e. The van der Waals surface area contributed by atoms with Gasteiger partial charge in [-0.1, -0.05) is 12.8 Å². The summed E-state index contributed by atoms with van der Waals surface area (Å²) in [6.45, 7) is 7.01. The van der Waals surface area contributed by atoms with Crippen molar-refractivity contribution < 1.29 is 9.90 Å². The summed E-state index contributed by atoms with van der Waals surface area (Å²) in [7, 11) is 1.96. The van der Waals surface area contributed by atoms with Crippen LogP contribution in [-0.4, -0.2) is 27.4 Å². The molecule has 1 saturated carbocycles. The van der Waals surface area contributed by atoms with Gasteiger partial charge in [-0.15, -0.1) is 0 Å². The van der Waals surface area contributed by atoms with Crippen LogP contribution >= 0.6 is 0 Å². The van der Waals surface area contributed by atoms with E-state index in [1.165, 1.54) is 11.3 Å². The van der Waals surface area contributed by atoms with E-state index in [4.69, 9.17) is 0 Å². The van der Waals surface area contributed by atoms with E-state index in [0.29, 0.717) is 0 Å². The third-order valence-electron chi connectivity index (χ3n) is 4.91. The van der Waals surface area contributed by atoms with Crippen molar-refractivity contribution in [2.75, 3.05) is 6.54 Å². The van der Waals surface area contributed by atoms with E-state index in [9.17, 15) is 9.90 Å². The van der Waals surface area contributed by atoms with E-state index in [0.717, 1.165) is 37.9 Å². The lowest BCUT2D eigenvalue weighted by Crippen LogP contribution is -2.35. The molecular formula is C16H27N3O2. The minimum Gasteiger partial charge on any atom is -0.481 e. The highest BCUT2D eigenvalue weighted by Gasteiger charge is 2.31. The van der Waals surface area contributed by atoms with Crippen LogP contribution in [0.1, 0.15) is 55.6 Å². The maximum absolute atomic E-state index is 11.3. The van der Waals surface area contributed by atoms with Gasteiger partial charge in [-0.25, -0.2) is 0 Å². The summed E-state index contributed by atoms with van der Waals surface area (Å²) >= 11 is 0. The molecule has 1 heterocycles. The lowest BCUT2D eigenvalue weighted by molar-refractivity contribution is -0.144. The Labute approximate surface area is 126 Å². The first-order valence-electron chi connectivity index (χ1n) is 7.88. The van der Waals surface area contributed by atoms with Crippen LogP contribution in [0.4, 0.5) is 0 Å². The molecule has 3 unspecified atom stereocenters. The van der Waals surface area contributed by atoms with E-state index in [2.05, 4.69) is 24.3 Å². The molecule has 0 amide bonds. The molecule has 0 radical (unpaired) electrons. The summed E-state index contributed by atoms with van der Waals surface area (Å²) in [5.41, 5.74) is 3.46. The van der Waals surface area contributed by atoms with Crippen LogP contribution in [0.25, 0.3) is 0 Å². The van der Waals surface area contributed by atoms with E-state index in [-0.39, 0.29) is 17.9 Å². The second-order valence-electron chi connectivity index (χ2n) is 6.33. The molecule has 3 atom stereocenters. The van der Waals surface area contributed by atoms with E-state index in [1.54, 1.807) is 0 Å². The predicted molar refractivity (Wildman–Crippen MR) is 82.2 cm³/mol. The van der Waals surface area contributed by atoms with Gasteiger partial charge in [0.05, 0.1) is 11.6 Å². The Morgan fingerprint density at radius 1 is 1.43 bits per heavy atom. The topological polar surface area (TPSA) is 67.2 Å². The molecule has 1 aliphatic rings. The monoisotopic (exact) mass is 293 g/mol. The molecule has 2 N–H and O–H groups in total. The van der Waals surface area contributed by atoms with Crippen molar-refractivity contribution in [2.24, 2.45) is 18.9 Å². The van der Waals surface area contributed by atoms with Gasteiger partial charge in [0, 0.05) is 24.3 Å². The first kappa shape index (κ1) is 16.0. The van der Waals surface area contributed by atoms with Crippen LogP contribution in [0, 0.1) is 25.7 Å². The Hall–Kier alpha value is -1.36. The van der Waals surface area contributed by atoms with Gasteiger partial charge in [0.25, 0.3) is 0 Å². The normalized spacial score (nSPS) is 24.0. The third-order valence-corrected chi connectivity index (χ3v) is 4.91. The molecule has 0 bridgehead atoms. The number of aromatic nitrogens is 2. The summed E-state index contributed by atoms with van der Waals surface area (Å²) < 4.78 is 1.91. The molecule has 0 saturated heterocycles. The lowest BCUT2D eigenvalue weighted by atomic mass is 9.79. The number of aliphatic carboxylic acids is 1. The number of carbonyl (C=O) groups is 1. The van der Waals surface area contributed by atoms with Crippen molar-refractivity contribution in [3.05, 3.63) is 17.0 Å². The standard InChI is InChI=1S/C16H27N3O2/c1-10(15-11(2)18-19(4)12(15)3)17-9-13-7-5-6-8-14(13)16(20)21/h10,13-14,17H,5-9H2,1-4H3,(H,20,21). The predicted octanol–water partition coefficient (Wildman–Crippen LogP) is 2.58. The van der Waals surface area contributed by atoms with E-state index < -0.39 is 5.97 Å². The zero-order valence-electron chi connectivity index (χ0n) is 13.5. The van der Waals surface area contributed by atoms with Gasteiger partial charge >= 0.3 is 5.97 Å². The van der Waals surface area contributed by atoms with E-state index >= 15 is 0 Å². The summed E-state index contributed by atoms with van der Waals surface area (Å²) in [6.07, 6.45) is 4.03. The number of carboxylic acids is 1. The Bertz CT molecular complexity index is 510. The number of rotatable bonds is 5. The van der Waals surface area contributed by atoms with Gasteiger partial charge in [-0.2, -0.15) is 5.10 Å². The number of hydrogen-bond acceptors (Lipinski definition) is 3. The van der Waals surface area contributed by atoms with Crippen molar-refractivity contribution in [1.82, 2.24) is 15.1 Å². The second kappa shape index (κ2) is 6.60. The lowest BCUT2D eigenvalue weighted by Gasteiger charge is -2.30. The van der Waals surface area contributed by atoms with Gasteiger partial charge in [-0.3, -0.25) is 9.48 Å². The zero-order chi connectivity index (χ0) is 15.6. The summed E-state index contributed by atoms with van der Waals surface area (Å²) in [5.74, 6) is -0.576. The van der Waals surface area contributed by atoms with Crippen LogP contribution in [-0.2, 0) is 11.8 Å². The van der Waals surface area contributed by atoms with Crippen LogP contribution < -0.4 is 5.32 Å². The highest BCUT2D eigenvalue weighted by molar-refractivity contribution is 5.70. The Morgan fingerprint density at radius 3 is 2.67 bits per heavy atom. The Morgan fingerprint density at radius 2 is 2.10 bits per heavy atom. The molecule has 5 nitrogen and oxygen atoms in total. The molecule has 1 aromatic rings. The molecule has 1 aromatic heterocycles. The minimum atomic E-state index is -0.636. The number of aryl methyl sites for hydroxylation is 2. The Kier molecular flexibility index (Phi) is 5.04. The maximum Gasteiger partial charge on any atom is 0.306 e. The molecule has 1 aliphatic carbocycles. The zero-order valence-corrected chi connectivity index (χ0v) is 13.5. The molecule has 0 spiro atoms. The fourth-order valence-corrected chi connectivity index (χ4v) is 3.62. The van der Waals surface area contributed by atoms with Gasteiger partial charge in [0.1, 0.15) is 0 Å². The maximum atomic E-state index is 11.3. The number of nitrogens with zero attached hydrogens (tertiary/aromatic N) is 2. The average molecular weight is 293 g/mol. The first-order chi connectivity index (χ1) is 9.91. The average Bonchev–Trinajstić information content (AvgIpc) is 2.70. The van der Waals surface area contributed by atoms with Gasteiger partial charge in [0.2, 0.25) is 0 Å². The smallest absolute Gasteiger partial charge is 0.306 e. The quantitative estimate of drug-likeness (QED) is 0.875. The third kappa shape index (κ3) is 3.46. The van der Waals surface area contributed by atoms with Gasteiger partial charge < -0.3 is 10.4 Å². The summed E-state index contributed by atoms with van der Waals surface area (Å²) in [5, 5.41) is 17.3. The number of carboxylic acid groups (broad SMARTS) is 1. The molecule has 5 heteroatoms. The fourth-order valence-electron chi connectivity index (χ4n) is 3.62. The van der Waals surface area contributed by atoms with Crippen molar-refractivity contribution in [3.63, 3.8) is 0 Å². The number of nitrogens with one attached hydrogen (secondary N) is 1. The molecule has 0 aromatic carbocycles. The summed E-state index contributed by atoms with van der Waals surface area (Å²) in [4.78, 5) is 11.3. The van der Waals surface area contributed by atoms with Crippen LogP contribution in [0.2, 0.25) is 0 Å². The SMILES string of the molecule is Cc1nn(C)c(C)c1C(C)NCC1CCCCC1C(=O)O. The molecule has 2 rings (SSSR count). The van der Waals surface area contributed by atoms with Crippen LogP contribution in [0.5, 0.6) is 0 Å². The number of hydrogen-bond donors (Lipinski definition) is 2. The minimum absolute atomic E-state index is 0.186. The van der Waals surface area contributed by atoms with Crippen molar-refractivity contribution >= 4 is 5.97 Å². The molecule has 21 heavy (non-hydrogen) atoms. The van der Waals surface area contributed by atoms with Crippen LogP contribution in [0.3, 0.4) is 0 Å². The highest BCUT2D eigenvalue weighted by Crippen LogP contribution is 2.30. The second-order valence-corrected chi connectivity index (χ2v) is 6.33. The van der Waals surface area contributed by atoms with Crippen molar-refractivity contribution in [1.29, 1.82) is 0 Å². The molecule has 118 valence electrons. The molecule has 1 fully saturated rings. The highest BCUT2D eigenvalue weighted by atomic mass is 16.4. The fraction of sp³-hybridized carbons (Fsp3) is 0.750. The first-order valence-corrected chi connectivity index (χ1v) is 7.88. The van der Waals surface area contributed by atoms with Crippen LogP contribution in [0.15, 0.2) is 0 Å². The molecule has 0 aliphatic heterocycles. The van der Waals surface area contributed by atoms with Crippen molar-refractivity contribution in [3.8, 4) is 0 Å². The summed E-state index contributed by atoms with van der Waals surface area (Å²) in [6, 6.07) is 0.204. The Balaban J connectivity index is 1.99. The van der Waals surface area contributed by atoms with Crippen molar-refractivity contribution in [2.45, 2.75) is 52.5 Å². The van der Waals surface area contributed by atoms with Gasteiger partial charge in [0.15, 0.2) is 0 Å². The molecular weight excluding hydrogens is 266 g/mol.